The Kier molecular flexibility index (Phi) is 7.02. The summed E-state index contributed by atoms with van der Waals surface area (Å²) < 4.78 is 17.5. The standard InChI is InChI=1S/C16H22FNO3/c1-11(2)10-18-14(8-9-15(19)21-3)16(20)12-4-6-13(17)7-5-12/h4-7,11,14,18H,8-10H2,1-3H3. The van der Waals surface area contributed by atoms with Crippen LogP contribution in [0.1, 0.15) is 37.0 Å². The molecule has 0 amide bonds. The van der Waals surface area contributed by atoms with Crippen LogP contribution in [0.25, 0.3) is 0 Å². The molecule has 5 heteroatoms. The number of carbonyl (C=O) groups is 2. The smallest absolute Gasteiger partial charge is 0.305 e. The molecular formula is C16H22FNO3. The van der Waals surface area contributed by atoms with Gasteiger partial charge in [0.05, 0.1) is 13.2 Å². The molecule has 1 unspecified atom stereocenters. The van der Waals surface area contributed by atoms with Crippen LogP contribution in [0.15, 0.2) is 24.3 Å². The van der Waals surface area contributed by atoms with Gasteiger partial charge in [0.15, 0.2) is 5.78 Å². The second kappa shape index (κ2) is 8.52. The van der Waals surface area contributed by atoms with Crippen LogP contribution in [0.3, 0.4) is 0 Å². The maximum absolute atomic E-state index is 12.9. The number of ether oxygens (including phenoxy) is 1. The van der Waals surface area contributed by atoms with E-state index < -0.39 is 6.04 Å². The fourth-order valence-electron chi connectivity index (χ4n) is 1.88. The average molecular weight is 295 g/mol. The molecule has 0 aliphatic carbocycles. The molecule has 1 N–H and O–H groups in total. The van der Waals surface area contributed by atoms with Crippen LogP contribution in [-0.4, -0.2) is 31.4 Å². The monoisotopic (exact) mass is 295 g/mol. The minimum absolute atomic E-state index is 0.139. The van der Waals surface area contributed by atoms with Gasteiger partial charge in [-0.1, -0.05) is 13.8 Å². The number of esters is 1. The molecule has 1 atom stereocenters. The van der Waals surface area contributed by atoms with Crippen molar-refractivity contribution in [2.75, 3.05) is 13.7 Å². The molecule has 0 saturated carbocycles. The van der Waals surface area contributed by atoms with Gasteiger partial charge in [-0.2, -0.15) is 0 Å². The molecular weight excluding hydrogens is 273 g/mol. The number of nitrogens with one attached hydrogen (secondary N) is 1. The zero-order valence-electron chi connectivity index (χ0n) is 12.7. The lowest BCUT2D eigenvalue weighted by Crippen LogP contribution is -2.39. The third-order valence-corrected chi connectivity index (χ3v) is 3.08. The van der Waals surface area contributed by atoms with Gasteiger partial charge >= 0.3 is 5.97 Å². The fraction of sp³-hybridized carbons (Fsp3) is 0.500. The van der Waals surface area contributed by atoms with Gasteiger partial charge in [0, 0.05) is 12.0 Å². The van der Waals surface area contributed by atoms with Crippen molar-refractivity contribution in [3.63, 3.8) is 0 Å². The minimum atomic E-state index is -0.475. The van der Waals surface area contributed by atoms with Gasteiger partial charge in [-0.05, 0) is 43.1 Å². The minimum Gasteiger partial charge on any atom is -0.469 e. The van der Waals surface area contributed by atoms with Crippen LogP contribution < -0.4 is 5.32 Å². The highest BCUT2D eigenvalue weighted by Gasteiger charge is 2.21. The van der Waals surface area contributed by atoms with Crippen molar-refractivity contribution in [2.45, 2.75) is 32.7 Å². The van der Waals surface area contributed by atoms with Crippen LogP contribution in [0.5, 0.6) is 0 Å². The molecule has 0 heterocycles. The van der Waals surface area contributed by atoms with E-state index in [4.69, 9.17) is 0 Å². The average Bonchev–Trinajstić information content (AvgIpc) is 2.46. The van der Waals surface area contributed by atoms with Crippen molar-refractivity contribution in [3.05, 3.63) is 35.6 Å². The first kappa shape index (κ1) is 17.3. The zero-order valence-corrected chi connectivity index (χ0v) is 12.7. The molecule has 21 heavy (non-hydrogen) atoms. The van der Waals surface area contributed by atoms with Gasteiger partial charge < -0.3 is 10.1 Å². The predicted molar refractivity (Wildman–Crippen MR) is 78.6 cm³/mol. The van der Waals surface area contributed by atoms with Crippen LogP contribution >= 0.6 is 0 Å². The quantitative estimate of drug-likeness (QED) is 0.591. The number of rotatable bonds is 8. The number of carbonyl (C=O) groups excluding carboxylic acids is 2. The molecule has 0 bridgehead atoms. The highest BCUT2D eigenvalue weighted by atomic mass is 19.1. The van der Waals surface area contributed by atoms with E-state index in [9.17, 15) is 14.0 Å². The SMILES string of the molecule is COC(=O)CCC(NCC(C)C)C(=O)c1ccc(F)cc1. The second-order valence-corrected chi connectivity index (χ2v) is 5.34. The maximum Gasteiger partial charge on any atom is 0.305 e. The molecule has 0 spiro atoms. The molecule has 116 valence electrons. The summed E-state index contributed by atoms with van der Waals surface area (Å²) in [5.74, 6) is -0.489. The first-order valence-electron chi connectivity index (χ1n) is 7.04. The molecule has 1 rings (SSSR count). The number of ketones is 1. The third-order valence-electron chi connectivity index (χ3n) is 3.08. The van der Waals surface area contributed by atoms with Crippen LogP contribution in [0, 0.1) is 11.7 Å². The van der Waals surface area contributed by atoms with Crippen molar-refractivity contribution in [2.24, 2.45) is 5.92 Å². The van der Waals surface area contributed by atoms with Crippen LogP contribution in [0.2, 0.25) is 0 Å². The predicted octanol–water partition coefficient (Wildman–Crippen LogP) is 2.58. The molecule has 0 aliphatic heterocycles. The first-order valence-corrected chi connectivity index (χ1v) is 7.04. The lowest BCUT2D eigenvalue weighted by molar-refractivity contribution is -0.140. The topological polar surface area (TPSA) is 55.4 Å². The number of Topliss-reactive ketones (excluding diaryl/α,β-unsaturated/α-hetero) is 1. The number of hydrogen-bond acceptors (Lipinski definition) is 4. The van der Waals surface area contributed by atoms with Crippen molar-refractivity contribution in [1.82, 2.24) is 5.32 Å². The van der Waals surface area contributed by atoms with E-state index in [0.717, 1.165) is 0 Å². The van der Waals surface area contributed by atoms with E-state index >= 15 is 0 Å². The summed E-state index contributed by atoms with van der Waals surface area (Å²) in [7, 11) is 1.32. The Labute approximate surface area is 124 Å². The summed E-state index contributed by atoms with van der Waals surface area (Å²) in [6.45, 7) is 4.73. The Hall–Kier alpha value is -1.75. The molecule has 0 saturated heterocycles. The Morgan fingerprint density at radius 2 is 1.86 bits per heavy atom. The van der Waals surface area contributed by atoms with Gasteiger partial charge in [-0.25, -0.2) is 4.39 Å². The van der Waals surface area contributed by atoms with E-state index in [-0.39, 0.29) is 24.0 Å². The number of benzene rings is 1. The summed E-state index contributed by atoms with van der Waals surface area (Å²) in [5, 5.41) is 3.16. The molecule has 0 aromatic heterocycles. The second-order valence-electron chi connectivity index (χ2n) is 5.34. The summed E-state index contributed by atoms with van der Waals surface area (Å²) in [5.41, 5.74) is 0.433. The lowest BCUT2D eigenvalue weighted by Gasteiger charge is -2.18. The van der Waals surface area contributed by atoms with Crippen molar-refractivity contribution >= 4 is 11.8 Å². The summed E-state index contributed by atoms with van der Waals surface area (Å²) in [6.07, 6.45) is 0.523. The summed E-state index contributed by atoms with van der Waals surface area (Å²) in [6, 6.07) is 4.96. The van der Waals surface area contributed by atoms with E-state index in [1.54, 1.807) is 0 Å². The molecule has 4 nitrogen and oxygen atoms in total. The number of hydrogen-bond donors (Lipinski definition) is 1. The zero-order chi connectivity index (χ0) is 15.8. The Morgan fingerprint density at radius 3 is 2.38 bits per heavy atom. The van der Waals surface area contributed by atoms with Gasteiger partial charge in [-0.3, -0.25) is 9.59 Å². The Balaban J connectivity index is 2.75. The third kappa shape index (κ3) is 6.04. The molecule has 0 fully saturated rings. The van der Waals surface area contributed by atoms with E-state index in [2.05, 4.69) is 10.1 Å². The van der Waals surface area contributed by atoms with Gasteiger partial charge in [0.1, 0.15) is 5.82 Å². The molecule has 1 aromatic carbocycles. The first-order chi connectivity index (χ1) is 9.93. The van der Waals surface area contributed by atoms with Crippen molar-refractivity contribution in [3.8, 4) is 0 Å². The van der Waals surface area contributed by atoms with Crippen molar-refractivity contribution < 1.29 is 18.7 Å². The number of halogens is 1. The van der Waals surface area contributed by atoms with Gasteiger partial charge in [-0.15, -0.1) is 0 Å². The van der Waals surface area contributed by atoms with Gasteiger partial charge in [0.2, 0.25) is 0 Å². The van der Waals surface area contributed by atoms with Crippen molar-refractivity contribution in [1.29, 1.82) is 0 Å². The normalized spacial score (nSPS) is 12.2. The highest BCUT2D eigenvalue weighted by molar-refractivity contribution is 6.00. The van der Waals surface area contributed by atoms with E-state index in [0.29, 0.717) is 24.4 Å². The summed E-state index contributed by atoms with van der Waals surface area (Å²) in [4.78, 5) is 23.7. The van der Waals surface area contributed by atoms with E-state index in [1.165, 1.54) is 31.4 Å². The Bertz CT molecular complexity index is 471. The molecule has 1 aromatic rings. The van der Waals surface area contributed by atoms with Crippen LogP contribution in [-0.2, 0) is 9.53 Å². The van der Waals surface area contributed by atoms with Gasteiger partial charge in [0.25, 0.3) is 0 Å². The highest BCUT2D eigenvalue weighted by Crippen LogP contribution is 2.10. The fourth-order valence-corrected chi connectivity index (χ4v) is 1.88. The van der Waals surface area contributed by atoms with E-state index in [1.807, 2.05) is 13.8 Å². The molecule has 0 aliphatic rings. The Morgan fingerprint density at radius 1 is 1.24 bits per heavy atom. The summed E-state index contributed by atoms with van der Waals surface area (Å²) >= 11 is 0. The van der Waals surface area contributed by atoms with Crippen LogP contribution in [0.4, 0.5) is 4.39 Å². The maximum atomic E-state index is 12.9. The number of methoxy groups -OCH3 is 1. The molecule has 0 radical (unpaired) electrons. The largest absolute Gasteiger partial charge is 0.469 e. The lowest BCUT2D eigenvalue weighted by atomic mass is 9.99.